The normalized spacial score (nSPS) is 10.8. The van der Waals surface area contributed by atoms with Crippen LogP contribution >= 0.6 is 23.2 Å². The Morgan fingerprint density at radius 3 is 2.29 bits per heavy atom. The summed E-state index contributed by atoms with van der Waals surface area (Å²) in [5, 5.41) is 11.1. The number of oxime groups is 1. The predicted molar refractivity (Wildman–Crippen MR) is 97.1 cm³/mol. The van der Waals surface area contributed by atoms with Gasteiger partial charge in [0.15, 0.2) is 0 Å². The minimum atomic E-state index is 0.188. The van der Waals surface area contributed by atoms with E-state index in [2.05, 4.69) is 19.0 Å². The summed E-state index contributed by atoms with van der Waals surface area (Å²) in [5.41, 5.74) is 2.14. The molecule has 5 nitrogen and oxygen atoms in total. The summed E-state index contributed by atoms with van der Waals surface area (Å²) in [5.74, 6) is 1.63. The maximum Gasteiger partial charge on any atom is 0.126 e. The third-order valence-electron chi connectivity index (χ3n) is 3.21. The van der Waals surface area contributed by atoms with Gasteiger partial charge in [-0.05, 0) is 42.2 Å². The van der Waals surface area contributed by atoms with Gasteiger partial charge in [0.1, 0.15) is 29.2 Å². The van der Waals surface area contributed by atoms with Crippen LogP contribution in [0.1, 0.15) is 25.0 Å². The fourth-order valence-electron chi connectivity index (χ4n) is 2.09. The number of benzene rings is 1. The van der Waals surface area contributed by atoms with Crippen molar-refractivity contribution in [2.45, 2.75) is 26.7 Å². The quantitative estimate of drug-likeness (QED) is 0.270. The number of rotatable bonds is 11. The molecule has 1 rings (SSSR count). The van der Waals surface area contributed by atoms with Crippen LogP contribution in [0.4, 0.5) is 0 Å². The number of hydrogen-bond donors (Lipinski definition) is 1. The molecule has 0 radical (unpaired) electrons. The minimum Gasteiger partial charge on any atom is -0.491 e. The Labute approximate surface area is 152 Å². The van der Waals surface area contributed by atoms with Crippen LogP contribution in [0.2, 0.25) is 0 Å². The fraction of sp³-hybridized carbons (Fsp3) is 0.471. The molecule has 0 amide bonds. The molecule has 0 spiro atoms. The van der Waals surface area contributed by atoms with Crippen LogP contribution in [0.5, 0.6) is 11.5 Å². The molecule has 0 aliphatic carbocycles. The first-order valence-corrected chi connectivity index (χ1v) is 8.54. The summed E-state index contributed by atoms with van der Waals surface area (Å²) in [6.45, 7) is 5.53. The molecule has 24 heavy (non-hydrogen) atoms. The molecule has 0 bridgehead atoms. The molecule has 1 N–H and O–H groups in total. The zero-order chi connectivity index (χ0) is 17.8. The fourth-order valence-corrected chi connectivity index (χ4v) is 2.22. The second-order valence-electron chi connectivity index (χ2n) is 4.80. The molecule has 0 heterocycles. The molecule has 0 unspecified atom stereocenters. The largest absolute Gasteiger partial charge is 0.491 e. The third-order valence-corrected chi connectivity index (χ3v) is 3.52. The summed E-state index contributed by atoms with van der Waals surface area (Å²) in [6.07, 6.45) is 4.52. The zero-order valence-electron chi connectivity index (χ0n) is 13.9. The van der Waals surface area contributed by atoms with Crippen LogP contribution in [-0.4, -0.2) is 37.8 Å². The van der Waals surface area contributed by atoms with Crippen LogP contribution < -0.4 is 9.47 Å². The van der Waals surface area contributed by atoms with Crippen molar-refractivity contribution in [1.29, 1.82) is 0 Å². The van der Waals surface area contributed by atoms with Gasteiger partial charge in [0.2, 0.25) is 0 Å². The Bertz CT molecular complexity index is 533. The molecule has 1 aromatic rings. The Morgan fingerprint density at radius 1 is 1.08 bits per heavy atom. The van der Waals surface area contributed by atoms with Gasteiger partial charge in [-0.1, -0.05) is 42.2 Å². The second-order valence-corrected chi connectivity index (χ2v) is 5.81. The molecule has 0 aromatic heterocycles. The van der Waals surface area contributed by atoms with E-state index in [-0.39, 0.29) is 11.1 Å². The van der Waals surface area contributed by atoms with E-state index in [9.17, 15) is 0 Å². The summed E-state index contributed by atoms with van der Waals surface area (Å²) < 4.78 is 17.0. The standard InChI is InChI=1S/C17H23Cl2NO4/c1-3-13-11-15(23-7-5-16(18)19)12-14(4-2)17(13)24-10-9-22-8-6-20-21/h5-6,11-12,21H,3-4,7-10H2,1-2H3. The number of ether oxygens (including phenoxy) is 3. The molecule has 7 heteroatoms. The first-order chi connectivity index (χ1) is 11.6. The van der Waals surface area contributed by atoms with Gasteiger partial charge in [0.05, 0.1) is 19.4 Å². The van der Waals surface area contributed by atoms with Crippen molar-refractivity contribution < 1.29 is 19.4 Å². The van der Waals surface area contributed by atoms with E-state index in [0.717, 1.165) is 35.5 Å². The zero-order valence-corrected chi connectivity index (χ0v) is 15.4. The predicted octanol–water partition coefficient (Wildman–Crippen LogP) is 4.36. The van der Waals surface area contributed by atoms with Crippen LogP contribution in [0.15, 0.2) is 27.9 Å². The molecule has 0 saturated carbocycles. The average Bonchev–Trinajstić information content (AvgIpc) is 2.57. The lowest BCUT2D eigenvalue weighted by atomic mass is 10.0. The maximum atomic E-state index is 8.28. The lowest BCUT2D eigenvalue weighted by Gasteiger charge is -2.17. The van der Waals surface area contributed by atoms with E-state index in [1.165, 1.54) is 6.21 Å². The van der Waals surface area contributed by atoms with Gasteiger partial charge in [-0.15, -0.1) is 0 Å². The van der Waals surface area contributed by atoms with Crippen LogP contribution in [0, 0.1) is 0 Å². The number of halogens is 2. The first kappa shape index (κ1) is 20.6. The van der Waals surface area contributed by atoms with E-state index in [4.69, 9.17) is 42.6 Å². The summed E-state index contributed by atoms with van der Waals surface area (Å²) in [7, 11) is 0. The molecule has 0 fully saturated rings. The SMILES string of the molecule is CCc1cc(OCC=C(Cl)Cl)cc(CC)c1OCCOCC=NO. The van der Waals surface area contributed by atoms with E-state index in [1.54, 1.807) is 6.08 Å². The van der Waals surface area contributed by atoms with Crippen molar-refractivity contribution in [2.75, 3.05) is 26.4 Å². The summed E-state index contributed by atoms with van der Waals surface area (Å²) >= 11 is 11.2. The maximum absolute atomic E-state index is 8.28. The lowest BCUT2D eigenvalue weighted by molar-refractivity contribution is 0.127. The average molecular weight is 376 g/mol. The molecule has 1 aromatic carbocycles. The molecule has 0 saturated heterocycles. The molecule has 0 atom stereocenters. The number of aryl methyl sites for hydroxylation is 2. The molecular formula is C17H23Cl2NO4. The van der Waals surface area contributed by atoms with E-state index < -0.39 is 0 Å². The highest BCUT2D eigenvalue weighted by molar-refractivity contribution is 6.55. The van der Waals surface area contributed by atoms with E-state index >= 15 is 0 Å². The van der Waals surface area contributed by atoms with Gasteiger partial charge in [-0.2, -0.15) is 0 Å². The minimum absolute atomic E-state index is 0.188. The van der Waals surface area contributed by atoms with Gasteiger partial charge in [0, 0.05) is 0 Å². The molecule has 134 valence electrons. The van der Waals surface area contributed by atoms with Crippen molar-refractivity contribution in [3.05, 3.63) is 33.8 Å². The Hall–Kier alpha value is -1.43. The van der Waals surface area contributed by atoms with E-state index in [1.807, 2.05) is 12.1 Å². The van der Waals surface area contributed by atoms with Crippen LogP contribution in [0.3, 0.4) is 0 Å². The highest BCUT2D eigenvalue weighted by atomic mass is 35.5. The smallest absolute Gasteiger partial charge is 0.126 e. The van der Waals surface area contributed by atoms with Gasteiger partial charge in [-0.25, -0.2) is 0 Å². The van der Waals surface area contributed by atoms with Gasteiger partial charge < -0.3 is 19.4 Å². The Morgan fingerprint density at radius 2 is 1.75 bits per heavy atom. The molecule has 0 aliphatic rings. The summed E-state index contributed by atoms with van der Waals surface area (Å²) in [4.78, 5) is 0. The molecule has 0 aliphatic heterocycles. The van der Waals surface area contributed by atoms with Crippen molar-refractivity contribution in [2.24, 2.45) is 5.16 Å². The van der Waals surface area contributed by atoms with E-state index in [0.29, 0.717) is 19.8 Å². The van der Waals surface area contributed by atoms with Gasteiger partial charge in [-0.3, -0.25) is 0 Å². The highest BCUT2D eigenvalue weighted by Gasteiger charge is 2.11. The van der Waals surface area contributed by atoms with Gasteiger partial charge >= 0.3 is 0 Å². The second kappa shape index (κ2) is 12.0. The summed E-state index contributed by atoms with van der Waals surface area (Å²) in [6, 6.07) is 3.92. The first-order valence-electron chi connectivity index (χ1n) is 7.78. The van der Waals surface area contributed by atoms with Crippen LogP contribution in [0.25, 0.3) is 0 Å². The topological polar surface area (TPSA) is 60.3 Å². The van der Waals surface area contributed by atoms with Crippen molar-refractivity contribution in [3.63, 3.8) is 0 Å². The molecular weight excluding hydrogens is 353 g/mol. The van der Waals surface area contributed by atoms with Crippen molar-refractivity contribution >= 4 is 29.4 Å². The van der Waals surface area contributed by atoms with Crippen molar-refractivity contribution in [3.8, 4) is 11.5 Å². The number of hydrogen-bond acceptors (Lipinski definition) is 5. The monoisotopic (exact) mass is 375 g/mol. The highest BCUT2D eigenvalue weighted by Crippen LogP contribution is 2.31. The lowest BCUT2D eigenvalue weighted by Crippen LogP contribution is -2.10. The number of nitrogens with zero attached hydrogens (tertiary/aromatic N) is 1. The Kier molecular flexibility index (Phi) is 10.3. The van der Waals surface area contributed by atoms with Crippen molar-refractivity contribution in [1.82, 2.24) is 0 Å². The Balaban J connectivity index is 2.74. The van der Waals surface area contributed by atoms with Crippen LogP contribution in [-0.2, 0) is 17.6 Å². The van der Waals surface area contributed by atoms with Gasteiger partial charge in [0.25, 0.3) is 0 Å². The third kappa shape index (κ3) is 7.43.